The van der Waals surface area contributed by atoms with Crippen LogP contribution >= 0.6 is 15.9 Å². The molecule has 5 nitrogen and oxygen atoms in total. The summed E-state index contributed by atoms with van der Waals surface area (Å²) in [4.78, 5) is 29.6. The van der Waals surface area contributed by atoms with Crippen molar-refractivity contribution in [2.75, 3.05) is 18.0 Å². The number of benzene rings is 2. The van der Waals surface area contributed by atoms with E-state index in [1.165, 1.54) is 0 Å². The Balaban J connectivity index is 1.69. The van der Waals surface area contributed by atoms with Crippen LogP contribution in [0.1, 0.15) is 37.3 Å². The molecule has 1 N–H and O–H groups in total. The number of carbonyl (C=O) groups excluding carboxylic acids is 2. The number of hydrogen-bond acceptors (Lipinski definition) is 2. The van der Waals surface area contributed by atoms with Crippen LogP contribution < -0.4 is 10.2 Å². The number of rotatable bonds is 6. The molecule has 0 radical (unpaired) electrons. The van der Waals surface area contributed by atoms with Crippen molar-refractivity contribution in [2.24, 2.45) is 0 Å². The molecule has 29 heavy (non-hydrogen) atoms. The van der Waals surface area contributed by atoms with Gasteiger partial charge < -0.3 is 15.1 Å². The van der Waals surface area contributed by atoms with Crippen molar-refractivity contribution in [3.63, 3.8) is 0 Å². The molecule has 2 aromatic rings. The largest absolute Gasteiger partial charge is 0.326 e. The first kappa shape index (κ1) is 21.4. The maximum atomic E-state index is 13.1. The summed E-state index contributed by atoms with van der Waals surface area (Å²) in [5.74, 6) is -0.0394. The minimum atomic E-state index is -0.490. The lowest BCUT2D eigenvalue weighted by Gasteiger charge is -2.34. The molecule has 3 amide bonds. The molecule has 0 saturated carbocycles. The van der Waals surface area contributed by atoms with Gasteiger partial charge in [-0.15, -0.1) is 0 Å². The van der Waals surface area contributed by atoms with Crippen LogP contribution in [-0.2, 0) is 11.3 Å². The summed E-state index contributed by atoms with van der Waals surface area (Å²) in [5.41, 5.74) is 3.04. The molecule has 1 saturated heterocycles. The summed E-state index contributed by atoms with van der Waals surface area (Å²) >= 11 is 3.50. The monoisotopic (exact) mass is 457 g/mol. The van der Waals surface area contributed by atoms with Gasteiger partial charge in [0.2, 0.25) is 5.91 Å². The van der Waals surface area contributed by atoms with Crippen molar-refractivity contribution in [2.45, 2.75) is 45.7 Å². The molecule has 0 aliphatic carbocycles. The third-order valence-corrected chi connectivity index (χ3v) is 6.08. The zero-order valence-electron chi connectivity index (χ0n) is 17.0. The highest BCUT2D eigenvalue weighted by atomic mass is 79.9. The van der Waals surface area contributed by atoms with Gasteiger partial charge in [0.1, 0.15) is 6.04 Å². The van der Waals surface area contributed by atoms with Crippen LogP contribution in [0.15, 0.2) is 53.0 Å². The Morgan fingerprint density at radius 3 is 2.69 bits per heavy atom. The second-order valence-corrected chi connectivity index (χ2v) is 8.33. The number of hydrogen-bond donors (Lipinski definition) is 1. The molecule has 1 heterocycles. The Hall–Kier alpha value is -2.34. The van der Waals surface area contributed by atoms with Crippen molar-refractivity contribution < 1.29 is 9.59 Å². The van der Waals surface area contributed by atoms with Gasteiger partial charge in [0.05, 0.1) is 0 Å². The summed E-state index contributed by atoms with van der Waals surface area (Å²) in [6.45, 7) is 5.92. The highest BCUT2D eigenvalue weighted by Crippen LogP contribution is 2.26. The van der Waals surface area contributed by atoms with E-state index >= 15 is 0 Å². The van der Waals surface area contributed by atoms with Gasteiger partial charge in [-0.1, -0.05) is 53.2 Å². The van der Waals surface area contributed by atoms with Gasteiger partial charge in [0.15, 0.2) is 0 Å². The Morgan fingerprint density at radius 1 is 1.24 bits per heavy atom. The topological polar surface area (TPSA) is 52.7 Å². The van der Waals surface area contributed by atoms with Gasteiger partial charge in [-0.3, -0.25) is 4.79 Å². The average molecular weight is 458 g/mol. The first-order valence-corrected chi connectivity index (χ1v) is 11.0. The molecule has 1 aliphatic heterocycles. The first-order valence-electron chi connectivity index (χ1n) is 10.2. The summed E-state index contributed by atoms with van der Waals surface area (Å²) < 4.78 is 1.02. The first-order chi connectivity index (χ1) is 14.0. The highest BCUT2D eigenvalue weighted by Gasteiger charge is 2.32. The third kappa shape index (κ3) is 5.38. The van der Waals surface area contributed by atoms with Crippen molar-refractivity contribution in [3.05, 3.63) is 64.1 Å². The Bertz CT molecular complexity index is 856. The molecular weight excluding hydrogens is 430 g/mol. The summed E-state index contributed by atoms with van der Waals surface area (Å²) in [7, 11) is 0. The number of carbonyl (C=O) groups is 2. The fourth-order valence-electron chi connectivity index (χ4n) is 3.63. The van der Waals surface area contributed by atoms with E-state index < -0.39 is 6.04 Å². The van der Waals surface area contributed by atoms with Gasteiger partial charge in [-0.25, -0.2) is 4.79 Å². The lowest BCUT2D eigenvalue weighted by molar-refractivity contribution is -0.121. The second-order valence-electron chi connectivity index (χ2n) is 7.47. The number of piperidine rings is 1. The number of nitrogens with one attached hydrogen (secondary N) is 1. The molecule has 0 aromatic heterocycles. The molecule has 2 aromatic carbocycles. The highest BCUT2D eigenvalue weighted by molar-refractivity contribution is 9.10. The predicted octanol–water partition coefficient (Wildman–Crippen LogP) is 4.87. The third-order valence-electron chi connectivity index (χ3n) is 5.19. The van der Waals surface area contributed by atoms with E-state index in [9.17, 15) is 9.59 Å². The van der Waals surface area contributed by atoms with E-state index in [-0.39, 0.29) is 11.9 Å². The van der Waals surface area contributed by atoms with E-state index in [0.717, 1.165) is 34.1 Å². The van der Waals surface area contributed by atoms with Crippen LogP contribution in [0.2, 0.25) is 0 Å². The molecule has 1 unspecified atom stereocenters. The minimum Gasteiger partial charge on any atom is -0.326 e. The molecule has 0 spiro atoms. The average Bonchev–Trinajstić information content (AvgIpc) is 2.72. The van der Waals surface area contributed by atoms with Gasteiger partial charge >= 0.3 is 6.03 Å². The Morgan fingerprint density at radius 2 is 2.00 bits per heavy atom. The molecule has 0 bridgehead atoms. The number of aryl methyl sites for hydroxylation is 1. The predicted molar refractivity (Wildman–Crippen MR) is 120 cm³/mol. The zero-order valence-corrected chi connectivity index (χ0v) is 18.6. The molecule has 3 rings (SSSR count). The quantitative estimate of drug-likeness (QED) is 0.671. The number of nitrogens with zero attached hydrogens (tertiary/aromatic N) is 2. The maximum absolute atomic E-state index is 13.1. The SMILES string of the molecule is CCCN(Cc1ccccc1)C(=O)NC1CCCN(c2ccc(Br)c(C)c2)C1=O. The van der Waals surface area contributed by atoms with Crippen molar-refractivity contribution >= 4 is 33.6 Å². The van der Waals surface area contributed by atoms with E-state index in [4.69, 9.17) is 0 Å². The van der Waals surface area contributed by atoms with Crippen LogP contribution in [0.3, 0.4) is 0 Å². The van der Waals surface area contributed by atoms with Crippen LogP contribution in [0.5, 0.6) is 0 Å². The number of halogens is 1. The molecule has 1 fully saturated rings. The fraction of sp³-hybridized carbons (Fsp3) is 0.391. The summed E-state index contributed by atoms with van der Waals surface area (Å²) in [6, 6.07) is 15.2. The second kappa shape index (κ2) is 9.92. The van der Waals surface area contributed by atoms with Crippen LogP contribution in [0.4, 0.5) is 10.5 Å². The number of anilines is 1. The van der Waals surface area contributed by atoms with Gasteiger partial charge in [0.25, 0.3) is 0 Å². The summed E-state index contributed by atoms with van der Waals surface area (Å²) in [6.07, 6.45) is 2.39. The minimum absolute atomic E-state index is 0.0394. The molecule has 1 aliphatic rings. The van der Waals surface area contributed by atoms with E-state index in [1.54, 1.807) is 9.80 Å². The van der Waals surface area contributed by atoms with Crippen LogP contribution in [0.25, 0.3) is 0 Å². The van der Waals surface area contributed by atoms with Crippen molar-refractivity contribution in [3.8, 4) is 0 Å². The van der Waals surface area contributed by atoms with E-state index in [1.807, 2.05) is 55.5 Å². The van der Waals surface area contributed by atoms with E-state index in [2.05, 4.69) is 28.2 Å². The lowest BCUT2D eigenvalue weighted by atomic mass is 10.0. The van der Waals surface area contributed by atoms with Crippen LogP contribution in [0, 0.1) is 6.92 Å². The number of amides is 3. The standard InChI is InChI=1S/C23H28BrN3O2/c1-3-13-26(16-18-8-5-4-6-9-18)23(29)25-21-10-7-14-27(22(21)28)19-11-12-20(24)17(2)15-19/h4-6,8-9,11-12,15,21H,3,7,10,13-14,16H2,1-2H3,(H,25,29). The zero-order chi connectivity index (χ0) is 20.8. The van der Waals surface area contributed by atoms with Crippen molar-refractivity contribution in [1.82, 2.24) is 10.2 Å². The van der Waals surface area contributed by atoms with Crippen molar-refractivity contribution in [1.29, 1.82) is 0 Å². The van der Waals surface area contributed by atoms with Gasteiger partial charge in [-0.05, 0) is 55.5 Å². The van der Waals surface area contributed by atoms with Gasteiger partial charge in [-0.2, -0.15) is 0 Å². The number of urea groups is 1. The van der Waals surface area contributed by atoms with E-state index in [0.29, 0.717) is 26.1 Å². The Kier molecular flexibility index (Phi) is 7.31. The van der Waals surface area contributed by atoms with Gasteiger partial charge in [0, 0.05) is 29.8 Å². The smallest absolute Gasteiger partial charge is 0.318 e. The molecule has 1 atom stereocenters. The molecule has 154 valence electrons. The maximum Gasteiger partial charge on any atom is 0.318 e. The fourth-order valence-corrected chi connectivity index (χ4v) is 3.88. The lowest BCUT2D eigenvalue weighted by Crippen LogP contribution is -2.55. The molecule has 6 heteroatoms. The Labute approximate surface area is 181 Å². The summed E-state index contributed by atoms with van der Waals surface area (Å²) in [5, 5.41) is 2.99. The normalized spacial score (nSPS) is 16.6. The van der Waals surface area contributed by atoms with Crippen LogP contribution in [-0.4, -0.2) is 36.0 Å². The molecular formula is C23H28BrN3O2.